The van der Waals surface area contributed by atoms with E-state index in [2.05, 4.69) is 87.3 Å². The van der Waals surface area contributed by atoms with Crippen molar-refractivity contribution in [2.75, 3.05) is 156 Å². The summed E-state index contributed by atoms with van der Waals surface area (Å²) in [7, 11) is 8.71. The third-order valence-corrected chi connectivity index (χ3v) is 22.3. The first kappa shape index (κ1) is 90.7. The van der Waals surface area contributed by atoms with Crippen molar-refractivity contribution in [3.8, 4) is 34.9 Å². The second-order valence-corrected chi connectivity index (χ2v) is 31.1. The van der Waals surface area contributed by atoms with Crippen LogP contribution in [-0.4, -0.2) is 253 Å². The first-order chi connectivity index (χ1) is 60.3. The number of ether oxygens (including phenoxy) is 3. The molecule has 0 spiro atoms. The molecule has 9 heterocycles. The summed E-state index contributed by atoms with van der Waals surface area (Å²) in [6.07, 6.45) is -1.24. The van der Waals surface area contributed by atoms with E-state index in [1.54, 1.807) is 73.0 Å². The fourth-order valence-electron chi connectivity index (χ4n) is 14.6. The lowest BCUT2D eigenvalue weighted by Gasteiger charge is -2.34. The standard InChI is InChI=1S/C30H32F5N7O2.C30H35F2N7O2.C29H31F2N7O3/c1-5-41(4)29(43)24-27(36-16-37-28(24)44-23-14-22(31)26-20(25(23)32)12-17(2)38-26)39-19-7-6-18(21(13-19)30(33,34)35)15-42-10-8-40(3)9-11-42;1-5-37(4)30(40)25-28(36-21-9-7-20(8-10-21)17-39-13-11-38(6-2)12-14-39)33-18-34-29(25)41-24-16-23(31)27-22(26(24)32)15-19(3)35-27;1-5-37(4)29(40)23-26(35-19-8-6-18(7-9-19)28(39)38-12-10-36(3)11-13-38)32-16-33-27(23)41-22-15-21(30)25-20(24(22)31)14-17(2)34-25/h6-7,12-14,16,38H,5,8-11,15H2,1-4H3,(H,36,37,39);7-10,15-16,18,35H,5-6,11-14,17H2,1-4H3,(H,33,34,36);6-9,14-16,34H,5,10-13H2,1-4H3,(H,32,33,35). The number of hydrogen-bond donors (Lipinski definition) is 6. The molecular weight excluding hydrogens is 1650 g/mol. The SMILES string of the molecule is CCN(C)C(=O)c1c(Nc2ccc(C(=O)N3CCN(C)CC3)cc2)ncnc1Oc1cc(F)c2[nH]c(C)cc2c1F.CCN(C)C(=O)c1c(Nc2ccc(CN3CCN(C)CC3)c(C(F)(F)F)c2)ncnc1Oc1cc(F)c2[nH]c(C)cc2c1F.CCN1CCN(Cc2ccc(Nc3ncnc(Oc4cc(F)c5[nH]c(C)cc5c4F)c3C(=O)N(C)CC)cc2)CC1. The average Bonchev–Trinajstić information content (AvgIpc) is 1.56. The Balaban J connectivity index is 0.000000162. The van der Waals surface area contributed by atoms with Crippen LogP contribution in [0, 0.1) is 55.7 Å². The van der Waals surface area contributed by atoms with Gasteiger partial charge in [0.15, 0.2) is 69.6 Å². The Morgan fingerprint density at radius 2 is 0.770 bits per heavy atom. The fourth-order valence-corrected chi connectivity index (χ4v) is 14.6. The van der Waals surface area contributed by atoms with Gasteiger partial charge in [-0.15, -0.1) is 0 Å². The van der Waals surface area contributed by atoms with Gasteiger partial charge in [-0.25, -0.2) is 56.2 Å². The van der Waals surface area contributed by atoms with Crippen LogP contribution in [0.4, 0.5) is 74.0 Å². The van der Waals surface area contributed by atoms with Crippen LogP contribution in [0.5, 0.6) is 34.9 Å². The largest absolute Gasteiger partial charge is 0.435 e. The van der Waals surface area contributed by atoms with E-state index < -0.39 is 81.7 Å². The fraction of sp³-hybridized carbons (Fsp3) is 0.348. The third-order valence-electron chi connectivity index (χ3n) is 22.3. The highest BCUT2D eigenvalue weighted by atomic mass is 19.4. The molecule has 0 bridgehead atoms. The van der Waals surface area contributed by atoms with Crippen LogP contribution in [0.2, 0.25) is 0 Å². The number of aromatic amines is 3. The maximum absolute atomic E-state index is 15.4. The van der Waals surface area contributed by atoms with Gasteiger partial charge in [0.1, 0.15) is 35.7 Å². The molecule has 3 fully saturated rings. The van der Waals surface area contributed by atoms with E-state index in [1.165, 1.54) is 70.3 Å². The number of benzene rings is 6. The molecule has 15 rings (SSSR count). The summed E-state index contributed by atoms with van der Waals surface area (Å²) in [6.45, 7) is 25.7. The van der Waals surface area contributed by atoms with Crippen LogP contribution in [0.15, 0.2) is 122 Å². The van der Waals surface area contributed by atoms with Gasteiger partial charge in [-0.1, -0.05) is 25.1 Å². The number of fused-ring (bicyclic) bond motifs is 3. The van der Waals surface area contributed by atoms with E-state index in [0.29, 0.717) is 73.3 Å². The summed E-state index contributed by atoms with van der Waals surface area (Å²) in [5, 5.41) is 9.09. The number of nitrogens with one attached hydrogen (secondary N) is 6. The second-order valence-electron chi connectivity index (χ2n) is 31.1. The van der Waals surface area contributed by atoms with Crippen LogP contribution in [0.1, 0.15) is 103 Å². The van der Waals surface area contributed by atoms with Crippen molar-refractivity contribution in [3.05, 3.63) is 213 Å². The lowest BCUT2D eigenvalue weighted by molar-refractivity contribution is -0.138. The number of alkyl halides is 3. The molecule has 12 aromatic rings. The summed E-state index contributed by atoms with van der Waals surface area (Å²) in [4.78, 5) is 104. The smallest absolute Gasteiger partial charge is 0.416 e. The Bertz CT molecular complexity index is 5950. The molecule has 664 valence electrons. The number of piperazine rings is 3. The van der Waals surface area contributed by atoms with Crippen LogP contribution >= 0.6 is 0 Å². The minimum atomic E-state index is -4.64. The number of aromatic nitrogens is 9. The van der Waals surface area contributed by atoms with Crippen molar-refractivity contribution < 1.29 is 72.9 Å². The van der Waals surface area contributed by atoms with Gasteiger partial charge in [-0.05, 0) is 140 Å². The number of H-pyrrole nitrogens is 3. The van der Waals surface area contributed by atoms with Crippen LogP contribution < -0.4 is 30.2 Å². The van der Waals surface area contributed by atoms with Crippen LogP contribution in [0.3, 0.4) is 0 Å². The number of hydrogen-bond acceptors (Lipinski definition) is 21. The molecule has 0 aliphatic carbocycles. The Kier molecular flexibility index (Phi) is 28.4. The van der Waals surface area contributed by atoms with Crippen molar-refractivity contribution in [1.82, 2.24) is 89.0 Å². The summed E-state index contributed by atoms with van der Waals surface area (Å²) in [5.41, 5.74) is 3.73. The van der Waals surface area contributed by atoms with E-state index in [1.807, 2.05) is 55.1 Å². The van der Waals surface area contributed by atoms with E-state index in [0.717, 1.165) is 96.0 Å². The van der Waals surface area contributed by atoms with Gasteiger partial charge in [0.25, 0.3) is 23.6 Å². The van der Waals surface area contributed by atoms with Gasteiger partial charge in [0.2, 0.25) is 17.6 Å². The molecule has 3 saturated heterocycles. The number of likely N-dealkylation sites (N-methyl/N-ethyl adjacent to an activating group) is 3. The van der Waals surface area contributed by atoms with Gasteiger partial charge in [0, 0.05) is 206 Å². The minimum Gasteiger partial charge on any atom is -0.435 e. The lowest BCUT2D eigenvalue weighted by atomic mass is 10.0. The lowest BCUT2D eigenvalue weighted by Crippen LogP contribution is -2.47. The monoisotopic (exact) mass is 1740 g/mol. The van der Waals surface area contributed by atoms with Gasteiger partial charge in [0.05, 0.1) is 22.1 Å². The topological polar surface area (TPSA) is 286 Å². The molecule has 6 aromatic carbocycles. The van der Waals surface area contributed by atoms with Crippen LogP contribution in [0.25, 0.3) is 32.7 Å². The summed E-state index contributed by atoms with van der Waals surface area (Å²) in [6, 6.07) is 25.7. The summed E-state index contributed by atoms with van der Waals surface area (Å²) >= 11 is 0. The van der Waals surface area contributed by atoms with E-state index >= 15 is 13.2 Å². The normalized spacial score (nSPS) is 14.3. The van der Waals surface area contributed by atoms with E-state index in [4.69, 9.17) is 14.2 Å². The number of aryl methyl sites for hydroxylation is 3. The molecule has 6 N–H and O–H groups in total. The number of carbonyl (C=O) groups excluding carboxylic acids is 4. The van der Waals surface area contributed by atoms with Gasteiger partial charge < -0.3 is 79.4 Å². The number of carbonyl (C=O) groups is 4. The van der Waals surface area contributed by atoms with Crippen LogP contribution in [-0.2, 0) is 19.3 Å². The third kappa shape index (κ3) is 20.8. The molecule has 0 saturated carbocycles. The molecule has 126 heavy (non-hydrogen) atoms. The number of anilines is 6. The Hall–Kier alpha value is -13.0. The Morgan fingerprint density at radius 1 is 0.429 bits per heavy atom. The molecule has 0 atom stereocenters. The van der Waals surface area contributed by atoms with Crippen molar-refractivity contribution in [1.29, 1.82) is 0 Å². The van der Waals surface area contributed by atoms with Gasteiger partial charge >= 0.3 is 6.18 Å². The van der Waals surface area contributed by atoms with Crippen molar-refractivity contribution in [2.45, 2.75) is 67.7 Å². The summed E-state index contributed by atoms with van der Waals surface area (Å²) < 4.78 is 150. The van der Waals surface area contributed by atoms with E-state index in [9.17, 15) is 45.5 Å². The highest BCUT2D eigenvalue weighted by Crippen LogP contribution is 2.42. The molecule has 6 aromatic heterocycles. The number of rotatable bonds is 24. The number of halogens is 9. The zero-order valence-electron chi connectivity index (χ0n) is 71.7. The van der Waals surface area contributed by atoms with Crippen molar-refractivity contribution >= 4 is 90.9 Å². The van der Waals surface area contributed by atoms with E-state index in [-0.39, 0.29) is 115 Å². The van der Waals surface area contributed by atoms with Crippen molar-refractivity contribution in [2.24, 2.45) is 0 Å². The molecule has 3 aliphatic rings. The average molecular weight is 1740 g/mol. The first-order valence-corrected chi connectivity index (χ1v) is 41.1. The molecule has 37 heteroatoms. The highest BCUT2D eigenvalue weighted by Gasteiger charge is 2.36. The zero-order valence-corrected chi connectivity index (χ0v) is 71.7. The molecule has 0 unspecified atom stereocenters. The quantitative estimate of drug-likeness (QED) is 0.0307. The maximum atomic E-state index is 15.4. The first-order valence-electron chi connectivity index (χ1n) is 41.1. The maximum Gasteiger partial charge on any atom is 0.416 e. The van der Waals surface area contributed by atoms with Crippen molar-refractivity contribution in [3.63, 3.8) is 0 Å². The Labute approximate surface area is 721 Å². The predicted octanol–water partition coefficient (Wildman–Crippen LogP) is 15.8. The zero-order chi connectivity index (χ0) is 90.1. The summed E-state index contributed by atoms with van der Waals surface area (Å²) in [5.74, 6) is -8.20. The molecule has 0 radical (unpaired) electrons. The molecular formula is C89H98F9N21O7. The minimum absolute atomic E-state index is 0.0127. The second kappa shape index (κ2) is 39.5. The Morgan fingerprint density at radius 3 is 1.14 bits per heavy atom. The highest BCUT2D eigenvalue weighted by molar-refractivity contribution is 6.04. The molecule has 4 amide bonds. The number of nitrogens with zero attached hydrogens (tertiary/aromatic N) is 15. The van der Waals surface area contributed by atoms with Gasteiger partial charge in [-0.3, -0.25) is 29.0 Å². The molecule has 28 nitrogen and oxygen atoms in total. The van der Waals surface area contributed by atoms with Gasteiger partial charge in [-0.2, -0.15) is 13.2 Å². The predicted molar refractivity (Wildman–Crippen MR) is 461 cm³/mol. The number of amides is 4. The molecule has 3 aliphatic heterocycles.